The number of allylic oxidation sites excluding steroid dienone is 1. The Bertz CT molecular complexity index is 557. The largest absolute Gasteiger partial charge is 0.478 e. The second-order valence-electron chi connectivity index (χ2n) is 4.57. The van der Waals surface area contributed by atoms with E-state index in [9.17, 15) is 9.59 Å². The molecule has 1 unspecified atom stereocenters. The van der Waals surface area contributed by atoms with Gasteiger partial charge in [-0.25, -0.2) is 9.59 Å². The molecule has 1 aromatic carbocycles. The highest BCUT2D eigenvalue weighted by Crippen LogP contribution is 2.21. The normalized spacial score (nSPS) is 17.6. The van der Waals surface area contributed by atoms with Gasteiger partial charge in [0.25, 0.3) is 0 Å². The molecule has 1 aliphatic rings. The van der Waals surface area contributed by atoms with Crippen LogP contribution in [0.3, 0.4) is 0 Å². The standard InChI is InChI=1S/C14H15BrN2O3/c15-9-6-7-12(11(8-9)13(18)19)17-14(20)16-10-4-2-1-3-5-10/h1-2,6-8,10H,3-5H2,(H,18,19)(H2,16,17,20). The van der Waals surface area contributed by atoms with E-state index in [0.29, 0.717) is 4.47 Å². The molecular weight excluding hydrogens is 324 g/mol. The Balaban J connectivity index is 2.03. The van der Waals surface area contributed by atoms with E-state index in [0.717, 1.165) is 19.3 Å². The maximum atomic E-state index is 11.9. The zero-order chi connectivity index (χ0) is 14.5. The maximum Gasteiger partial charge on any atom is 0.337 e. The summed E-state index contributed by atoms with van der Waals surface area (Å²) in [6.07, 6.45) is 6.78. The number of rotatable bonds is 3. The zero-order valence-corrected chi connectivity index (χ0v) is 12.3. The van der Waals surface area contributed by atoms with Gasteiger partial charge in [-0.15, -0.1) is 0 Å². The Morgan fingerprint density at radius 1 is 1.30 bits per heavy atom. The molecule has 0 aliphatic heterocycles. The van der Waals surface area contributed by atoms with Gasteiger partial charge in [0.15, 0.2) is 0 Å². The summed E-state index contributed by atoms with van der Waals surface area (Å²) in [5.41, 5.74) is 0.336. The van der Waals surface area contributed by atoms with Gasteiger partial charge in [0, 0.05) is 10.5 Å². The fraction of sp³-hybridized carbons (Fsp3) is 0.286. The minimum atomic E-state index is -1.08. The minimum absolute atomic E-state index is 0.0538. The Hall–Kier alpha value is -1.82. The second kappa shape index (κ2) is 6.56. The van der Waals surface area contributed by atoms with Crippen molar-refractivity contribution in [2.45, 2.75) is 25.3 Å². The van der Waals surface area contributed by atoms with Crippen LogP contribution in [0.1, 0.15) is 29.6 Å². The monoisotopic (exact) mass is 338 g/mol. The maximum absolute atomic E-state index is 11.9. The second-order valence-corrected chi connectivity index (χ2v) is 5.49. The molecule has 0 radical (unpaired) electrons. The zero-order valence-electron chi connectivity index (χ0n) is 10.7. The molecule has 0 heterocycles. The Kier molecular flexibility index (Phi) is 4.79. The van der Waals surface area contributed by atoms with Crippen LogP contribution in [0, 0.1) is 0 Å². The number of nitrogens with one attached hydrogen (secondary N) is 2. The molecule has 0 aromatic heterocycles. The summed E-state index contributed by atoms with van der Waals surface area (Å²) >= 11 is 3.21. The van der Waals surface area contributed by atoms with E-state index in [2.05, 4.69) is 32.6 Å². The van der Waals surface area contributed by atoms with E-state index in [-0.39, 0.29) is 23.3 Å². The number of carbonyl (C=O) groups is 2. The van der Waals surface area contributed by atoms with E-state index in [4.69, 9.17) is 5.11 Å². The third-order valence-electron chi connectivity index (χ3n) is 3.06. The number of urea groups is 1. The van der Waals surface area contributed by atoms with Crippen LogP contribution in [0.4, 0.5) is 10.5 Å². The third-order valence-corrected chi connectivity index (χ3v) is 3.56. The number of benzene rings is 1. The van der Waals surface area contributed by atoms with Crippen LogP contribution in [-0.4, -0.2) is 23.1 Å². The predicted molar refractivity (Wildman–Crippen MR) is 80.0 cm³/mol. The molecule has 106 valence electrons. The lowest BCUT2D eigenvalue weighted by molar-refractivity contribution is 0.0698. The number of carboxylic acid groups (broad SMARTS) is 1. The van der Waals surface area contributed by atoms with Crippen LogP contribution in [0.5, 0.6) is 0 Å². The van der Waals surface area contributed by atoms with E-state index >= 15 is 0 Å². The predicted octanol–water partition coefficient (Wildman–Crippen LogP) is 3.38. The van der Waals surface area contributed by atoms with Crippen molar-refractivity contribution in [1.82, 2.24) is 5.32 Å². The van der Waals surface area contributed by atoms with Crippen LogP contribution < -0.4 is 10.6 Å². The molecular formula is C14H15BrN2O3. The van der Waals surface area contributed by atoms with Gasteiger partial charge in [-0.1, -0.05) is 28.1 Å². The van der Waals surface area contributed by atoms with Crippen LogP contribution in [0.25, 0.3) is 0 Å². The van der Waals surface area contributed by atoms with Gasteiger partial charge >= 0.3 is 12.0 Å². The first-order chi connectivity index (χ1) is 9.56. The van der Waals surface area contributed by atoms with Gasteiger partial charge in [-0.3, -0.25) is 0 Å². The third kappa shape index (κ3) is 3.84. The molecule has 0 saturated carbocycles. The lowest BCUT2D eigenvalue weighted by Crippen LogP contribution is -2.38. The van der Waals surface area contributed by atoms with E-state index < -0.39 is 5.97 Å². The Labute approximate surface area is 125 Å². The summed E-state index contributed by atoms with van der Waals surface area (Å²) in [4.78, 5) is 23.0. The Morgan fingerprint density at radius 2 is 2.10 bits per heavy atom. The number of carboxylic acids is 1. The van der Waals surface area contributed by atoms with Gasteiger partial charge in [0.05, 0.1) is 11.3 Å². The molecule has 20 heavy (non-hydrogen) atoms. The quantitative estimate of drug-likeness (QED) is 0.739. The highest BCUT2D eigenvalue weighted by molar-refractivity contribution is 9.10. The van der Waals surface area contributed by atoms with Crippen LogP contribution in [0.2, 0.25) is 0 Å². The van der Waals surface area contributed by atoms with Crippen molar-refractivity contribution >= 4 is 33.6 Å². The molecule has 0 bridgehead atoms. The SMILES string of the molecule is O=C(Nc1ccc(Br)cc1C(=O)O)NC1CC=CCC1. The molecule has 0 spiro atoms. The fourth-order valence-corrected chi connectivity index (χ4v) is 2.43. The number of anilines is 1. The van der Waals surface area contributed by atoms with E-state index in [1.807, 2.05) is 6.08 Å². The van der Waals surface area contributed by atoms with Crippen LogP contribution >= 0.6 is 15.9 Å². The van der Waals surface area contributed by atoms with Crippen molar-refractivity contribution in [3.63, 3.8) is 0 Å². The number of hydrogen-bond donors (Lipinski definition) is 3. The van der Waals surface area contributed by atoms with Gasteiger partial charge in [-0.2, -0.15) is 0 Å². The van der Waals surface area contributed by atoms with Gasteiger partial charge < -0.3 is 15.7 Å². The number of amides is 2. The molecule has 1 aliphatic carbocycles. The number of halogens is 1. The smallest absolute Gasteiger partial charge is 0.337 e. The summed E-state index contributed by atoms with van der Waals surface area (Å²) < 4.78 is 0.651. The Morgan fingerprint density at radius 3 is 2.75 bits per heavy atom. The summed E-state index contributed by atoms with van der Waals surface area (Å²) in [7, 11) is 0. The topological polar surface area (TPSA) is 78.4 Å². The lowest BCUT2D eigenvalue weighted by Gasteiger charge is -2.20. The highest BCUT2D eigenvalue weighted by atomic mass is 79.9. The summed E-state index contributed by atoms with van der Waals surface area (Å²) in [5, 5.41) is 14.6. The fourth-order valence-electron chi connectivity index (χ4n) is 2.07. The highest BCUT2D eigenvalue weighted by Gasteiger charge is 2.16. The molecule has 2 amide bonds. The molecule has 3 N–H and O–H groups in total. The molecule has 0 fully saturated rings. The van der Waals surface area contributed by atoms with Crippen molar-refractivity contribution in [3.8, 4) is 0 Å². The average molecular weight is 339 g/mol. The van der Waals surface area contributed by atoms with Crippen molar-refractivity contribution in [2.75, 3.05) is 5.32 Å². The molecule has 1 atom stereocenters. The van der Waals surface area contributed by atoms with Crippen LogP contribution in [-0.2, 0) is 0 Å². The lowest BCUT2D eigenvalue weighted by atomic mass is 10.0. The van der Waals surface area contributed by atoms with E-state index in [1.54, 1.807) is 12.1 Å². The summed E-state index contributed by atoms with van der Waals surface area (Å²) in [6, 6.07) is 4.43. The number of aromatic carboxylic acids is 1. The van der Waals surface area contributed by atoms with Gasteiger partial charge in [-0.05, 0) is 37.5 Å². The molecule has 1 aromatic rings. The molecule has 0 saturated heterocycles. The first-order valence-corrected chi connectivity index (χ1v) is 7.11. The number of carbonyl (C=O) groups excluding carboxylic acids is 1. The van der Waals surface area contributed by atoms with Crippen molar-refractivity contribution < 1.29 is 14.7 Å². The summed E-state index contributed by atoms with van der Waals surface area (Å²) in [6.45, 7) is 0. The van der Waals surface area contributed by atoms with Gasteiger partial charge in [0.2, 0.25) is 0 Å². The minimum Gasteiger partial charge on any atom is -0.478 e. The van der Waals surface area contributed by atoms with Crippen molar-refractivity contribution in [2.24, 2.45) is 0 Å². The average Bonchev–Trinajstić information content (AvgIpc) is 2.41. The first-order valence-electron chi connectivity index (χ1n) is 6.31. The first kappa shape index (κ1) is 14.6. The van der Waals surface area contributed by atoms with E-state index in [1.165, 1.54) is 6.07 Å². The van der Waals surface area contributed by atoms with Crippen molar-refractivity contribution in [3.05, 3.63) is 40.4 Å². The molecule has 5 nitrogen and oxygen atoms in total. The van der Waals surface area contributed by atoms with Gasteiger partial charge in [0.1, 0.15) is 0 Å². The molecule has 2 rings (SSSR count). The van der Waals surface area contributed by atoms with Crippen molar-refractivity contribution in [1.29, 1.82) is 0 Å². The molecule has 6 heteroatoms. The number of hydrogen-bond acceptors (Lipinski definition) is 2. The van der Waals surface area contributed by atoms with Crippen LogP contribution in [0.15, 0.2) is 34.8 Å². The summed E-state index contributed by atoms with van der Waals surface area (Å²) in [5.74, 6) is -1.08.